The molecule has 0 radical (unpaired) electrons. The molecule has 49 heavy (non-hydrogen) atoms. The molecule has 0 saturated carbocycles. The quantitative estimate of drug-likeness (QED) is 0.167. The van der Waals surface area contributed by atoms with Crippen LogP contribution < -0.4 is 0 Å². The highest BCUT2D eigenvalue weighted by atomic mass is 15.0. The number of hydrogen-bond donors (Lipinski definition) is 0. The maximum Gasteiger partial charge on any atom is 0.195 e. The second-order valence-corrected chi connectivity index (χ2v) is 14.7. The Bertz CT molecular complexity index is 2710. The van der Waals surface area contributed by atoms with Gasteiger partial charge in [-0.15, -0.1) is 0 Å². The molecule has 1 heterocycles. The molecule has 0 N–H and O–H groups in total. The Balaban J connectivity index is 1.36. The first-order valence-electron chi connectivity index (χ1n) is 16.9. The molecular formula is C46H31N3. The molecule has 8 aromatic rings. The third-order valence-electron chi connectivity index (χ3n) is 11.6. The number of nitriles is 1. The van der Waals surface area contributed by atoms with Crippen LogP contribution in [0.25, 0.3) is 76.1 Å². The van der Waals surface area contributed by atoms with E-state index in [2.05, 4.69) is 146 Å². The van der Waals surface area contributed by atoms with Gasteiger partial charge in [-0.25, -0.2) is 4.85 Å². The summed E-state index contributed by atoms with van der Waals surface area (Å²) in [5.41, 5.74) is 14.3. The Morgan fingerprint density at radius 3 is 1.59 bits per heavy atom. The molecule has 0 saturated heterocycles. The van der Waals surface area contributed by atoms with Crippen LogP contribution in [0, 0.1) is 17.9 Å². The Morgan fingerprint density at radius 2 is 1.04 bits per heavy atom. The van der Waals surface area contributed by atoms with Crippen molar-refractivity contribution in [3.05, 3.63) is 154 Å². The molecule has 0 atom stereocenters. The van der Waals surface area contributed by atoms with Gasteiger partial charge in [0.15, 0.2) is 5.69 Å². The van der Waals surface area contributed by atoms with E-state index in [0.29, 0.717) is 5.69 Å². The molecule has 3 heteroatoms. The third-order valence-corrected chi connectivity index (χ3v) is 11.6. The number of aromatic nitrogens is 1. The monoisotopic (exact) mass is 625 g/mol. The maximum atomic E-state index is 10.2. The van der Waals surface area contributed by atoms with Crippen LogP contribution >= 0.6 is 0 Å². The van der Waals surface area contributed by atoms with Crippen LogP contribution in [0.1, 0.15) is 55.5 Å². The molecule has 3 nitrogen and oxygen atoms in total. The van der Waals surface area contributed by atoms with Crippen LogP contribution in [-0.2, 0) is 10.8 Å². The first-order valence-corrected chi connectivity index (χ1v) is 16.9. The molecular weight excluding hydrogens is 595 g/mol. The molecule has 1 aromatic heterocycles. The van der Waals surface area contributed by atoms with Crippen LogP contribution in [0.3, 0.4) is 0 Å². The normalized spacial score (nSPS) is 14.8. The van der Waals surface area contributed by atoms with Gasteiger partial charge in [-0.1, -0.05) is 100 Å². The highest BCUT2D eigenvalue weighted by Gasteiger charge is 2.40. The number of fused-ring (bicyclic) bond motifs is 13. The molecule has 0 bridgehead atoms. The molecule has 0 amide bonds. The fourth-order valence-electron chi connectivity index (χ4n) is 9.18. The highest BCUT2D eigenvalue weighted by Crippen LogP contribution is 2.57. The Labute approximate surface area is 285 Å². The van der Waals surface area contributed by atoms with Crippen LogP contribution in [-0.4, -0.2) is 4.57 Å². The largest absolute Gasteiger partial charge is 0.309 e. The fraction of sp³-hybridized carbons (Fsp3) is 0.130. The van der Waals surface area contributed by atoms with Gasteiger partial charge in [-0.2, -0.15) is 5.26 Å². The summed E-state index contributed by atoms with van der Waals surface area (Å²) in [4.78, 5) is 3.97. The van der Waals surface area contributed by atoms with Crippen molar-refractivity contribution in [1.82, 2.24) is 4.57 Å². The lowest BCUT2D eigenvalue weighted by Crippen LogP contribution is -2.15. The van der Waals surface area contributed by atoms with Gasteiger partial charge in [0.05, 0.1) is 29.2 Å². The van der Waals surface area contributed by atoms with Crippen molar-refractivity contribution >= 4 is 49.0 Å². The molecule has 0 unspecified atom stereocenters. The van der Waals surface area contributed by atoms with Crippen LogP contribution in [0.15, 0.2) is 115 Å². The van der Waals surface area contributed by atoms with E-state index in [9.17, 15) is 5.26 Å². The Kier molecular flexibility index (Phi) is 5.27. The van der Waals surface area contributed by atoms with E-state index in [1.165, 1.54) is 66.3 Å². The van der Waals surface area contributed by atoms with Crippen molar-refractivity contribution in [3.8, 4) is 34.0 Å². The van der Waals surface area contributed by atoms with Crippen LogP contribution in [0.5, 0.6) is 0 Å². The topological polar surface area (TPSA) is 33.1 Å². The first kappa shape index (κ1) is 27.9. The standard InChI is InChI=1S/C46H31N3/c1-45(2)36-20-32-33-21-37-35(44-31-18-12-10-16-29(31)40(48-5)24-39(44)46(37,3)4)23-42(33)49(27-13-7-6-8-14-27)41(32)22-34(36)43-30-17-11-9-15-28(30)26(25-47)19-38(43)45/h6-24H,1-4H3. The molecule has 2 aliphatic rings. The van der Waals surface area contributed by atoms with Crippen molar-refractivity contribution < 1.29 is 0 Å². The Morgan fingerprint density at radius 1 is 0.551 bits per heavy atom. The molecule has 0 spiro atoms. The zero-order valence-electron chi connectivity index (χ0n) is 27.8. The molecule has 2 aliphatic carbocycles. The number of para-hydroxylation sites is 1. The summed E-state index contributed by atoms with van der Waals surface area (Å²) in [7, 11) is 0. The summed E-state index contributed by atoms with van der Waals surface area (Å²) in [5.74, 6) is 0. The van der Waals surface area contributed by atoms with E-state index < -0.39 is 0 Å². The van der Waals surface area contributed by atoms with E-state index >= 15 is 0 Å². The van der Waals surface area contributed by atoms with Crippen molar-refractivity contribution in [1.29, 1.82) is 5.26 Å². The number of rotatable bonds is 1. The summed E-state index contributed by atoms with van der Waals surface area (Å²) in [6.45, 7) is 17.2. The second-order valence-electron chi connectivity index (χ2n) is 14.7. The lowest BCUT2D eigenvalue weighted by molar-refractivity contribution is 0.661. The number of hydrogen-bond acceptors (Lipinski definition) is 1. The zero-order valence-corrected chi connectivity index (χ0v) is 27.8. The molecule has 7 aromatic carbocycles. The molecule has 10 rings (SSSR count). The van der Waals surface area contributed by atoms with Gasteiger partial charge >= 0.3 is 0 Å². The molecule has 0 aliphatic heterocycles. The summed E-state index contributed by atoms with van der Waals surface area (Å²) < 4.78 is 2.43. The van der Waals surface area contributed by atoms with Gasteiger partial charge in [-0.3, -0.25) is 0 Å². The van der Waals surface area contributed by atoms with Crippen molar-refractivity contribution in [2.75, 3.05) is 0 Å². The predicted octanol–water partition coefficient (Wildman–Crippen LogP) is 12.1. The minimum atomic E-state index is -0.281. The maximum absolute atomic E-state index is 10.2. The Hall–Kier alpha value is -6.16. The molecule has 230 valence electrons. The lowest BCUT2D eigenvalue weighted by Gasteiger charge is -2.23. The van der Waals surface area contributed by atoms with Gasteiger partial charge in [0.25, 0.3) is 0 Å². The van der Waals surface area contributed by atoms with E-state index in [0.717, 1.165) is 32.8 Å². The van der Waals surface area contributed by atoms with Gasteiger partial charge in [0.2, 0.25) is 0 Å². The SMILES string of the molecule is [C-]#[N+]c1cc2c(c3ccccc13)-c1cc3c(cc1C2(C)C)c1cc2c(cc1n3-c1ccccc1)-c1c(cc(C#N)c3ccccc13)C2(C)C. The van der Waals surface area contributed by atoms with Gasteiger partial charge in [0.1, 0.15) is 0 Å². The van der Waals surface area contributed by atoms with Gasteiger partial charge in [-0.05, 0) is 103 Å². The van der Waals surface area contributed by atoms with Crippen LogP contribution in [0.2, 0.25) is 0 Å². The van der Waals surface area contributed by atoms with Gasteiger partial charge < -0.3 is 4.57 Å². The van der Waals surface area contributed by atoms with Crippen molar-refractivity contribution in [3.63, 3.8) is 0 Å². The summed E-state index contributed by atoms with van der Waals surface area (Å²) in [5, 5.41) is 16.9. The van der Waals surface area contributed by atoms with Crippen molar-refractivity contribution in [2.24, 2.45) is 0 Å². The van der Waals surface area contributed by atoms with E-state index in [4.69, 9.17) is 6.57 Å². The zero-order chi connectivity index (χ0) is 33.4. The van der Waals surface area contributed by atoms with Crippen molar-refractivity contribution in [2.45, 2.75) is 38.5 Å². The van der Waals surface area contributed by atoms with E-state index in [-0.39, 0.29) is 10.8 Å². The highest BCUT2D eigenvalue weighted by molar-refractivity contribution is 6.16. The molecule has 0 fully saturated rings. The summed E-state index contributed by atoms with van der Waals surface area (Å²) >= 11 is 0. The third kappa shape index (κ3) is 3.40. The number of benzene rings is 7. The predicted molar refractivity (Wildman–Crippen MR) is 202 cm³/mol. The minimum absolute atomic E-state index is 0.275. The van der Waals surface area contributed by atoms with Gasteiger partial charge in [0, 0.05) is 32.7 Å². The average molecular weight is 626 g/mol. The summed E-state index contributed by atoms with van der Waals surface area (Å²) in [6.07, 6.45) is 0. The average Bonchev–Trinajstić information content (AvgIpc) is 3.65. The van der Waals surface area contributed by atoms with E-state index in [1.54, 1.807) is 0 Å². The fourth-order valence-corrected chi connectivity index (χ4v) is 9.18. The number of nitrogens with zero attached hydrogens (tertiary/aromatic N) is 3. The minimum Gasteiger partial charge on any atom is -0.309 e. The van der Waals surface area contributed by atoms with Crippen LogP contribution in [0.4, 0.5) is 5.69 Å². The van der Waals surface area contributed by atoms with E-state index in [1.807, 2.05) is 12.1 Å². The first-order chi connectivity index (χ1) is 23.7. The summed E-state index contributed by atoms with van der Waals surface area (Å²) in [6, 6.07) is 43.8. The smallest absolute Gasteiger partial charge is 0.195 e. The lowest BCUT2D eigenvalue weighted by atomic mass is 9.80. The second kappa shape index (κ2) is 9.25.